The molecule has 1 aliphatic rings. The topological polar surface area (TPSA) is 75.4 Å². The fraction of sp³-hybridized carbons (Fsp3) is 0.333. The minimum Gasteiger partial charge on any atom is -0.421 e. The van der Waals surface area contributed by atoms with Crippen LogP contribution in [0.4, 0.5) is 0 Å². The van der Waals surface area contributed by atoms with Gasteiger partial charge in [-0.3, -0.25) is 9.69 Å². The number of hydrogen-bond acceptors (Lipinski definition) is 7. The van der Waals surface area contributed by atoms with E-state index in [0.717, 1.165) is 42.3 Å². The van der Waals surface area contributed by atoms with Crippen LogP contribution in [0.25, 0.3) is 21.7 Å². The summed E-state index contributed by atoms with van der Waals surface area (Å²) >= 11 is 1.76. The minimum atomic E-state index is 0.136. The first kappa shape index (κ1) is 20.8. The third-order valence-corrected chi connectivity index (χ3v) is 7.13. The lowest BCUT2D eigenvalue weighted by Crippen LogP contribution is -2.49. The highest BCUT2D eigenvalue weighted by Crippen LogP contribution is 2.30. The summed E-state index contributed by atoms with van der Waals surface area (Å²) < 4.78 is 6.94. The Kier molecular flexibility index (Phi) is 5.96. The van der Waals surface area contributed by atoms with Crippen LogP contribution in [0.15, 0.2) is 59.0 Å². The average Bonchev–Trinajstić information content (AvgIpc) is 3.50. The summed E-state index contributed by atoms with van der Waals surface area (Å²) in [6.07, 6.45) is 0.838. The number of aromatic nitrogens is 3. The van der Waals surface area contributed by atoms with Crippen LogP contribution in [-0.4, -0.2) is 57.1 Å². The maximum Gasteiger partial charge on any atom is 0.247 e. The quantitative estimate of drug-likeness (QED) is 0.441. The van der Waals surface area contributed by atoms with E-state index in [1.807, 2.05) is 41.3 Å². The smallest absolute Gasteiger partial charge is 0.247 e. The van der Waals surface area contributed by atoms with Gasteiger partial charge in [-0.1, -0.05) is 30.3 Å². The molecular formula is C24H25N5O2S. The van der Waals surface area contributed by atoms with Gasteiger partial charge in [-0.15, -0.1) is 21.5 Å². The van der Waals surface area contributed by atoms with Crippen molar-refractivity contribution < 1.29 is 9.21 Å². The first-order valence-corrected chi connectivity index (χ1v) is 11.7. The number of aryl methyl sites for hydroxylation is 1. The Hall–Kier alpha value is -3.10. The third-order valence-electron chi connectivity index (χ3n) is 5.92. The molecule has 164 valence electrons. The lowest BCUT2D eigenvalue weighted by molar-refractivity contribution is -0.133. The van der Waals surface area contributed by atoms with E-state index < -0.39 is 0 Å². The number of fused-ring (bicyclic) bond motifs is 1. The largest absolute Gasteiger partial charge is 0.421 e. The first-order valence-electron chi connectivity index (χ1n) is 10.9. The fourth-order valence-electron chi connectivity index (χ4n) is 4.01. The van der Waals surface area contributed by atoms with Crippen molar-refractivity contribution in [3.05, 3.63) is 65.5 Å². The molecule has 0 radical (unpaired) electrons. The lowest BCUT2D eigenvalue weighted by Gasteiger charge is -2.37. The molecule has 1 amide bonds. The van der Waals surface area contributed by atoms with Gasteiger partial charge < -0.3 is 9.32 Å². The number of hydrogen-bond donors (Lipinski definition) is 0. The number of thiazole rings is 1. The van der Waals surface area contributed by atoms with E-state index in [4.69, 9.17) is 9.40 Å². The molecule has 32 heavy (non-hydrogen) atoms. The average molecular weight is 448 g/mol. The number of benzene rings is 2. The van der Waals surface area contributed by atoms with E-state index >= 15 is 0 Å². The number of amides is 1. The molecule has 1 fully saturated rings. The molecule has 0 aliphatic carbocycles. The van der Waals surface area contributed by atoms with Gasteiger partial charge in [0.2, 0.25) is 17.7 Å². The summed E-state index contributed by atoms with van der Waals surface area (Å²) in [6.45, 7) is 5.36. The second-order valence-corrected chi connectivity index (χ2v) is 9.04. The second kappa shape index (κ2) is 9.18. The van der Waals surface area contributed by atoms with Crippen LogP contribution < -0.4 is 0 Å². The molecule has 3 heterocycles. The van der Waals surface area contributed by atoms with Crippen LogP contribution >= 0.6 is 11.3 Å². The molecule has 0 N–H and O–H groups in total. The van der Waals surface area contributed by atoms with Crippen LogP contribution in [0.1, 0.15) is 30.3 Å². The summed E-state index contributed by atoms with van der Waals surface area (Å²) in [5.41, 5.74) is 1.94. The lowest BCUT2D eigenvalue weighted by atomic mass is 10.2. The zero-order valence-electron chi connectivity index (χ0n) is 18.0. The molecule has 2 aromatic carbocycles. The van der Waals surface area contributed by atoms with Gasteiger partial charge in [0.25, 0.3) is 0 Å². The van der Waals surface area contributed by atoms with Gasteiger partial charge >= 0.3 is 0 Å². The monoisotopic (exact) mass is 447 g/mol. The van der Waals surface area contributed by atoms with Crippen LogP contribution in [0.5, 0.6) is 0 Å². The first-order chi connectivity index (χ1) is 15.7. The van der Waals surface area contributed by atoms with E-state index in [1.54, 1.807) is 11.3 Å². The maximum absolute atomic E-state index is 12.7. The highest BCUT2D eigenvalue weighted by molar-refractivity contribution is 7.18. The molecule has 5 rings (SSSR count). The molecule has 4 aromatic rings. The van der Waals surface area contributed by atoms with E-state index in [1.165, 1.54) is 4.70 Å². The maximum atomic E-state index is 12.7. The molecule has 1 aliphatic heterocycles. The molecule has 1 unspecified atom stereocenters. The van der Waals surface area contributed by atoms with Crippen LogP contribution in [0, 0.1) is 0 Å². The predicted molar refractivity (Wildman–Crippen MR) is 124 cm³/mol. The molecule has 0 bridgehead atoms. The Labute approximate surface area is 190 Å². The van der Waals surface area contributed by atoms with Crippen molar-refractivity contribution in [1.82, 2.24) is 25.0 Å². The number of para-hydroxylation sites is 1. The van der Waals surface area contributed by atoms with Crippen molar-refractivity contribution in [3.63, 3.8) is 0 Å². The Bertz CT molecular complexity index is 1160. The van der Waals surface area contributed by atoms with Gasteiger partial charge in [0.15, 0.2) is 0 Å². The van der Waals surface area contributed by atoms with Gasteiger partial charge in [-0.2, -0.15) is 0 Å². The summed E-state index contributed by atoms with van der Waals surface area (Å²) in [7, 11) is 0. The Balaban J connectivity index is 1.12. The van der Waals surface area contributed by atoms with Gasteiger partial charge in [-0.05, 0) is 31.2 Å². The normalized spacial score (nSPS) is 15.8. The Morgan fingerprint density at radius 3 is 2.56 bits per heavy atom. The van der Waals surface area contributed by atoms with E-state index in [2.05, 4.69) is 40.2 Å². The number of carbonyl (C=O) groups excluding carboxylic acids is 1. The van der Waals surface area contributed by atoms with Crippen molar-refractivity contribution in [3.8, 4) is 11.5 Å². The molecule has 0 saturated carbocycles. The number of rotatable bonds is 6. The highest BCUT2D eigenvalue weighted by Gasteiger charge is 2.26. The molecule has 8 heteroatoms. The molecule has 2 aromatic heterocycles. The molecule has 1 saturated heterocycles. The molecular weight excluding hydrogens is 422 g/mol. The second-order valence-electron chi connectivity index (χ2n) is 7.98. The standard InChI is InChI=1S/C24H25N5O2S/c1-17(24-25-19-9-5-6-10-20(19)32-24)28-13-15-29(16-14-28)22(30)12-11-21-26-27-23(31-21)18-7-3-2-4-8-18/h2-10,17H,11-16H2,1H3. The van der Waals surface area contributed by atoms with Gasteiger partial charge in [-0.25, -0.2) is 4.98 Å². The minimum absolute atomic E-state index is 0.136. The van der Waals surface area contributed by atoms with Crippen molar-refractivity contribution in [2.24, 2.45) is 0 Å². The Morgan fingerprint density at radius 1 is 1.03 bits per heavy atom. The van der Waals surface area contributed by atoms with E-state index in [-0.39, 0.29) is 11.9 Å². The zero-order valence-corrected chi connectivity index (χ0v) is 18.8. The van der Waals surface area contributed by atoms with Crippen molar-refractivity contribution in [1.29, 1.82) is 0 Å². The summed E-state index contributed by atoms with van der Waals surface area (Å²) in [6, 6.07) is 18.2. The SMILES string of the molecule is CC(c1nc2ccccc2s1)N1CCN(C(=O)CCc2nnc(-c3ccccc3)o2)CC1. The van der Waals surface area contributed by atoms with Crippen LogP contribution in [0.3, 0.4) is 0 Å². The van der Waals surface area contributed by atoms with Gasteiger partial charge in [0, 0.05) is 44.6 Å². The fourth-order valence-corrected chi connectivity index (χ4v) is 5.06. The molecule has 1 atom stereocenters. The van der Waals surface area contributed by atoms with E-state index in [0.29, 0.717) is 24.6 Å². The number of piperazine rings is 1. The van der Waals surface area contributed by atoms with Crippen LogP contribution in [-0.2, 0) is 11.2 Å². The summed E-state index contributed by atoms with van der Waals surface area (Å²) in [4.78, 5) is 21.9. The Morgan fingerprint density at radius 2 is 1.78 bits per heavy atom. The predicted octanol–water partition coefficient (Wildman–Crippen LogP) is 4.18. The van der Waals surface area contributed by atoms with Gasteiger partial charge in [0.1, 0.15) is 5.01 Å². The zero-order chi connectivity index (χ0) is 21.9. The van der Waals surface area contributed by atoms with Crippen molar-refractivity contribution in [2.45, 2.75) is 25.8 Å². The van der Waals surface area contributed by atoms with Crippen LogP contribution in [0.2, 0.25) is 0 Å². The number of nitrogens with zero attached hydrogens (tertiary/aromatic N) is 5. The molecule has 7 nitrogen and oxygen atoms in total. The van der Waals surface area contributed by atoms with Crippen molar-refractivity contribution in [2.75, 3.05) is 26.2 Å². The third kappa shape index (κ3) is 4.42. The molecule has 0 spiro atoms. The van der Waals surface area contributed by atoms with Gasteiger partial charge in [0.05, 0.1) is 16.3 Å². The number of carbonyl (C=O) groups is 1. The van der Waals surface area contributed by atoms with Crippen molar-refractivity contribution >= 4 is 27.5 Å². The van der Waals surface area contributed by atoms with E-state index in [9.17, 15) is 4.79 Å². The highest BCUT2D eigenvalue weighted by atomic mass is 32.1. The summed E-state index contributed by atoms with van der Waals surface area (Å²) in [5.74, 6) is 1.13. The summed E-state index contributed by atoms with van der Waals surface area (Å²) in [5, 5.41) is 9.33.